The van der Waals surface area contributed by atoms with E-state index in [1.165, 1.54) is 0 Å². The molecular weight excluding hydrogens is 412 g/mol. The highest BCUT2D eigenvalue weighted by molar-refractivity contribution is 6.06. The number of amides is 1. The zero-order valence-electron chi connectivity index (χ0n) is 18.0. The van der Waals surface area contributed by atoms with Crippen molar-refractivity contribution in [1.82, 2.24) is 29.9 Å². The van der Waals surface area contributed by atoms with Gasteiger partial charge in [0.05, 0.1) is 35.6 Å². The van der Waals surface area contributed by atoms with Crippen molar-refractivity contribution in [2.45, 2.75) is 19.5 Å². The Morgan fingerprint density at radius 1 is 1.00 bits per heavy atom. The third kappa shape index (κ3) is 3.57. The molecule has 0 radical (unpaired) electrons. The maximum atomic E-state index is 13.7. The monoisotopic (exact) mass is 434 g/mol. The largest absolute Gasteiger partial charge is 0.334 e. The fourth-order valence-corrected chi connectivity index (χ4v) is 4.42. The molecule has 5 aromatic rings. The first-order valence-corrected chi connectivity index (χ1v) is 11.0. The quantitative estimate of drug-likeness (QED) is 0.462. The van der Waals surface area contributed by atoms with Crippen molar-refractivity contribution in [3.63, 3.8) is 0 Å². The van der Waals surface area contributed by atoms with Crippen molar-refractivity contribution in [3.8, 4) is 11.3 Å². The van der Waals surface area contributed by atoms with Gasteiger partial charge < -0.3 is 4.90 Å². The fraction of sp³-hybridized carbons (Fsp3) is 0.154. The number of H-pyrrole nitrogens is 1. The topological polar surface area (TPSA) is 79.7 Å². The van der Waals surface area contributed by atoms with Crippen molar-refractivity contribution in [2.75, 3.05) is 6.54 Å². The van der Waals surface area contributed by atoms with E-state index >= 15 is 0 Å². The number of hydrogen-bond donors (Lipinski definition) is 1. The Labute approximate surface area is 190 Å². The molecule has 0 saturated carbocycles. The van der Waals surface area contributed by atoms with E-state index < -0.39 is 0 Å². The summed E-state index contributed by atoms with van der Waals surface area (Å²) in [5, 5.41) is 12.5. The Bertz CT molecular complexity index is 1440. The van der Waals surface area contributed by atoms with Crippen LogP contribution in [0, 0.1) is 0 Å². The SMILES string of the molecule is O=C(c1cc(-c2ccccc2)nc2c1cnn2Cc1ccccc1)N1CCc2[nH]ncc2C1. The van der Waals surface area contributed by atoms with Crippen molar-refractivity contribution in [1.29, 1.82) is 0 Å². The summed E-state index contributed by atoms with van der Waals surface area (Å²) in [6, 6.07) is 22.0. The average molecular weight is 435 g/mol. The van der Waals surface area contributed by atoms with Gasteiger partial charge in [-0.1, -0.05) is 60.7 Å². The minimum Gasteiger partial charge on any atom is -0.334 e. The second-order valence-corrected chi connectivity index (χ2v) is 8.30. The smallest absolute Gasteiger partial charge is 0.255 e. The van der Waals surface area contributed by atoms with Gasteiger partial charge in [-0.15, -0.1) is 0 Å². The number of fused-ring (bicyclic) bond motifs is 2. The summed E-state index contributed by atoms with van der Waals surface area (Å²) in [5.74, 6) is -0.00862. The zero-order valence-corrected chi connectivity index (χ0v) is 18.0. The lowest BCUT2D eigenvalue weighted by atomic mass is 10.0. The van der Waals surface area contributed by atoms with Gasteiger partial charge in [-0.2, -0.15) is 10.2 Å². The van der Waals surface area contributed by atoms with Gasteiger partial charge in [-0.3, -0.25) is 9.89 Å². The van der Waals surface area contributed by atoms with Gasteiger partial charge in [0.2, 0.25) is 0 Å². The van der Waals surface area contributed by atoms with Crippen LogP contribution in [0.4, 0.5) is 0 Å². The standard InChI is InChI=1S/C26H22N6O/c33-26(31-12-11-23-20(17-31)14-27-30-23)21-13-24(19-9-5-2-6-10-19)29-25-22(21)15-28-32(25)16-18-7-3-1-4-8-18/h1-10,13-15H,11-12,16-17H2,(H,27,30). The summed E-state index contributed by atoms with van der Waals surface area (Å²) in [5.41, 5.74) is 6.39. The molecule has 7 nitrogen and oxygen atoms in total. The molecule has 162 valence electrons. The molecule has 0 unspecified atom stereocenters. The molecule has 4 heterocycles. The van der Waals surface area contributed by atoms with Crippen molar-refractivity contribution >= 4 is 16.9 Å². The van der Waals surface area contributed by atoms with E-state index in [4.69, 9.17) is 4.98 Å². The van der Waals surface area contributed by atoms with Crippen LogP contribution in [0.2, 0.25) is 0 Å². The highest BCUT2D eigenvalue weighted by atomic mass is 16.2. The van der Waals surface area contributed by atoms with Crippen LogP contribution in [0.1, 0.15) is 27.2 Å². The van der Waals surface area contributed by atoms with Crippen LogP contribution in [-0.2, 0) is 19.5 Å². The van der Waals surface area contributed by atoms with Gasteiger partial charge in [0.25, 0.3) is 5.91 Å². The Kier molecular flexibility index (Phi) is 4.72. The predicted molar refractivity (Wildman–Crippen MR) is 126 cm³/mol. The summed E-state index contributed by atoms with van der Waals surface area (Å²) >= 11 is 0. The van der Waals surface area contributed by atoms with E-state index in [9.17, 15) is 4.79 Å². The third-order valence-electron chi connectivity index (χ3n) is 6.17. The second kappa shape index (κ2) is 8.02. The third-order valence-corrected chi connectivity index (χ3v) is 6.17. The van der Waals surface area contributed by atoms with Gasteiger partial charge >= 0.3 is 0 Å². The number of rotatable bonds is 4. The van der Waals surface area contributed by atoms with E-state index in [0.29, 0.717) is 30.8 Å². The molecule has 1 N–H and O–H groups in total. The van der Waals surface area contributed by atoms with Crippen molar-refractivity contribution in [3.05, 3.63) is 102 Å². The van der Waals surface area contributed by atoms with Crippen molar-refractivity contribution in [2.24, 2.45) is 0 Å². The first-order chi connectivity index (χ1) is 16.3. The molecule has 0 atom stereocenters. The molecule has 0 fully saturated rings. The van der Waals surface area contributed by atoms with E-state index in [-0.39, 0.29) is 5.91 Å². The molecule has 0 saturated heterocycles. The van der Waals surface area contributed by atoms with E-state index in [0.717, 1.165) is 39.9 Å². The molecule has 6 rings (SSSR count). The van der Waals surface area contributed by atoms with Gasteiger partial charge in [-0.25, -0.2) is 9.67 Å². The lowest BCUT2D eigenvalue weighted by molar-refractivity contribution is 0.0736. The van der Waals surface area contributed by atoms with Gasteiger partial charge in [0.1, 0.15) is 0 Å². The number of aromatic amines is 1. The number of pyridine rings is 1. The number of aromatic nitrogens is 5. The van der Waals surface area contributed by atoms with Crippen LogP contribution < -0.4 is 0 Å². The zero-order chi connectivity index (χ0) is 22.2. The van der Waals surface area contributed by atoms with Crippen LogP contribution in [0.3, 0.4) is 0 Å². The second-order valence-electron chi connectivity index (χ2n) is 8.30. The van der Waals surface area contributed by atoms with Gasteiger partial charge in [0, 0.05) is 36.3 Å². The summed E-state index contributed by atoms with van der Waals surface area (Å²) in [6.07, 6.45) is 4.35. The lowest BCUT2D eigenvalue weighted by Crippen LogP contribution is -2.35. The Morgan fingerprint density at radius 2 is 1.79 bits per heavy atom. The molecule has 1 aliphatic heterocycles. The number of nitrogens with zero attached hydrogens (tertiary/aromatic N) is 5. The average Bonchev–Trinajstić information content (AvgIpc) is 3.51. The molecule has 33 heavy (non-hydrogen) atoms. The number of hydrogen-bond acceptors (Lipinski definition) is 4. The summed E-state index contributed by atoms with van der Waals surface area (Å²) in [6.45, 7) is 1.79. The predicted octanol–water partition coefficient (Wildman–Crippen LogP) is 4.07. The van der Waals surface area contributed by atoms with E-state index in [1.807, 2.05) is 70.4 Å². The van der Waals surface area contributed by atoms with E-state index in [1.54, 1.807) is 6.20 Å². The van der Waals surface area contributed by atoms with Crippen LogP contribution in [-0.4, -0.2) is 42.3 Å². The summed E-state index contributed by atoms with van der Waals surface area (Å²) in [4.78, 5) is 20.5. The molecule has 7 heteroatoms. The van der Waals surface area contributed by atoms with Crippen molar-refractivity contribution < 1.29 is 4.79 Å². The highest BCUT2D eigenvalue weighted by Crippen LogP contribution is 2.28. The molecular formula is C26H22N6O. The molecule has 0 aliphatic carbocycles. The van der Waals surface area contributed by atoms with Crippen LogP contribution in [0.25, 0.3) is 22.3 Å². The first kappa shape index (κ1) is 19.4. The highest BCUT2D eigenvalue weighted by Gasteiger charge is 2.26. The maximum absolute atomic E-state index is 13.7. The summed E-state index contributed by atoms with van der Waals surface area (Å²) < 4.78 is 1.87. The Hall–Kier alpha value is -4.26. The molecule has 2 aromatic carbocycles. The van der Waals surface area contributed by atoms with Gasteiger partial charge in [-0.05, 0) is 11.6 Å². The van der Waals surface area contributed by atoms with Crippen LogP contribution in [0.5, 0.6) is 0 Å². The minimum atomic E-state index is -0.00862. The summed E-state index contributed by atoms with van der Waals surface area (Å²) in [7, 11) is 0. The fourth-order valence-electron chi connectivity index (χ4n) is 4.42. The van der Waals surface area contributed by atoms with Crippen LogP contribution in [0.15, 0.2) is 79.1 Å². The minimum absolute atomic E-state index is 0.00862. The first-order valence-electron chi connectivity index (χ1n) is 11.0. The molecule has 3 aromatic heterocycles. The Balaban J connectivity index is 1.45. The number of carbonyl (C=O) groups excluding carboxylic acids is 1. The number of benzene rings is 2. The van der Waals surface area contributed by atoms with E-state index in [2.05, 4.69) is 27.4 Å². The number of nitrogens with one attached hydrogen (secondary N) is 1. The number of carbonyl (C=O) groups is 1. The van der Waals surface area contributed by atoms with Gasteiger partial charge in [0.15, 0.2) is 5.65 Å². The Morgan fingerprint density at radius 3 is 2.61 bits per heavy atom. The lowest BCUT2D eigenvalue weighted by Gasteiger charge is -2.27. The molecule has 1 amide bonds. The molecule has 0 bridgehead atoms. The van der Waals surface area contributed by atoms with Crippen LogP contribution >= 0.6 is 0 Å². The molecule has 0 spiro atoms. The molecule has 1 aliphatic rings. The normalized spacial score (nSPS) is 13.3. The maximum Gasteiger partial charge on any atom is 0.255 e.